The molecule has 0 bridgehead atoms. The number of hydrogen-bond donors (Lipinski definition) is 1. The van der Waals surface area contributed by atoms with E-state index in [1.54, 1.807) is 0 Å². The highest BCUT2D eigenvalue weighted by Crippen LogP contribution is 2.26. The van der Waals surface area contributed by atoms with Crippen LogP contribution in [0.4, 0.5) is 0 Å². The number of amides is 2. The van der Waals surface area contributed by atoms with E-state index in [2.05, 4.69) is 5.32 Å². The Labute approximate surface area is 83.0 Å². The Morgan fingerprint density at radius 1 is 1.29 bits per heavy atom. The van der Waals surface area contributed by atoms with Gasteiger partial charge in [-0.2, -0.15) is 0 Å². The van der Waals surface area contributed by atoms with Crippen LogP contribution in [0.2, 0.25) is 0 Å². The zero-order valence-electron chi connectivity index (χ0n) is 8.12. The van der Waals surface area contributed by atoms with Gasteiger partial charge in [0.2, 0.25) is 11.8 Å². The van der Waals surface area contributed by atoms with Crippen LogP contribution in [0.25, 0.3) is 0 Å². The van der Waals surface area contributed by atoms with Crippen LogP contribution in [0.5, 0.6) is 0 Å². The van der Waals surface area contributed by atoms with Crippen molar-refractivity contribution in [3.05, 3.63) is 0 Å². The normalized spacial score (nSPS) is 29.3. The van der Waals surface area contributed by atoms with Crippen LogP contribution in [0.15, 0.2) is 0 Å². The van der Waals surface area contributed by atoms with Gasteiger partial charge in [0.05, 0.1) is 0 Å². The summed E-state index contributed by atoms with van der Waals surface area (Å²) >= 11 is 0. The minimum Gasteiger partial charge on any atom is -0.381 e. The van der Waals surface area contributed by atoms with E-state index in [1.165, 1.54) is 0 Å². The van der Waals surface area contributed by atoms with Crippen LogP contribution >= 0.6 is 0 Å². The summed E-state index contributed by atoms with van der Waals surface area (Å²) in [4.78, 5) is 22.2. The molecule has 2 heterocycles. The zero-order valence-corrected chi connectivity index (χ0v) is 8.12. The lowest BCUT2D eigenvalue weighted by molar-refractivity contribution is -0.126. The second kappa shape index (κ2) is 4.09. The van der Waals surface area contributed by atoms with Crippen LogP contribution in [0, 0.1) is 11.8 Å². The predicted molar refractivity (Wildman–Crippen MR) is 49.4 cm³/mol. The minimum absolute atomic E-state index is 0.0781. The second-order valence-corrected chi connectivity index (χ2v) is 4.10. The van der Waals surface area contributed by atoms with Crippen LogP contribution in [0.3, 0.4) is 0 Å². The summed E-state index contributed by atoms with van der Waals surface area (Å²) in [5.74, 6) is 0.282. The molecule has 2 saturated heterocycles. The molecule has 0 spiro atoms. The Hall–Kier alpha value is -0.900. The van der Waals surface area contributed by atoms with Crippen molar-refractivity contribution in [3.8, 4) is 0 Å². The molecular weight excluding hydrogens is 182 g/mol. The lowest BCUT2D eigenvalue weighted by atomic mass is 9.88. The Morgan fingerprint density at radius 3 is 2.57 bits per heavy atom. The number of nitrogens with one attached hydrogen (secondary N) is 1. The molecule has 2 aliphatic heterocycles. The second-order valence-electron chi connectivity index (χ2n) is 4.10. The van der Waals surface area contributed by atoms with Gasteiger partial charge < -0.3 is 4.74 Å². The maximum Gasteiger partial charge on any atom is 0.230 e. The number of carbonyl (C=O) groups is 2. The third-order valence-corrected chi connectivity index (χ3v) is 3.02. The molecule has 2 amide bonds. The molecule has 0 saturated carbocycles. The maximum absolute atomic E-state index is 11.3. The van der Waals surface area contributed by atoms with Crippen LogP contribution in [0.1, 0.15) is 25.7 Å². The predicted octanol–water partition coefficient (Wildman–Crippen LogP) is 0.466. The Balaban J connectivity index is 1.84. The molecule has 4 nitrogen and oxygen atoms in total. The lowest BCUT2D eigenvalue weighted by Gasteiger charge is -2.23. The van der Waals surface area contributed by atoms with Crippen molar-refractivity contribution in [2.75, 3.05) is 13.2 Å². The third-order valence-electron chi connectivity index (χ3n) is 3.02. The SMILES string of the molecule is O=C1CC(CC2CCOCC2)C(=O)N1. The van der Waals surface area contributed by atoms with Gasteiger partial charge in [-0.3, -0.25) is 14.9 Å². The first-order valence-corrected chi connectivity index (χ1v) is 5.17. The smallest absolute Gasteiger partial charge is 0.230 e. The topological polar surface area (TPSA) is 55.4 Å². The van der Waals surface area contributed by atoms with E-state index in [9.17, 15) is 9.59 Å². The van der Waals surface area contributed by atoms with E-state index in [4.69, 9.17) is 4.74 Å². The summed E-state index contributed by atoms with van der Waals surface area (Å²) in [5.41, 5.74) is 0. The summed E-state index contributed by atoms with van der Waals surface area (Å²) in [6.07, 6.45) is 3.28. The maximum atomic E-state index is 11.3. The van der Waals surface area contributed by atoms with Gasteiger partial charge in [-0.05, 0) is 25.2 Å². The van der Waals surface area contributed by atoms with Crippen LogP contribution < -0.4 is 5.32 Å². The molecule has 14 heavy (non-hydrogen) atoms. The van der Waals surface area contributed by atoms with Gasteiger partial charge in [0.15, 0.2) is 0 Å². The first-order chi connectivity index (χ1) is 6.75. The highest BCUT2D eigenvalue weighted by atomic mass is 16.5. The molecule has 0 aromatic heterocycles. The van der Waals surface area contributed by atoms with Crippen molar-refractivity contribution in [3.63, 3.8) is 0 Å². The molecule has 1 unspecified atom stereocenters. The standard InChI is InChI=1S/C10H15NO3/c12-9-6-8(10(13)11-9)5-7-1-3-14-4-2-7/h7-8H,1-6H2,(H,11,12,13). The van der Waals surface area contributed by atoms with Crippen LogP contribution in [-0.4, -0.2) is 25.0 Å². The van der Waals surface area contributed by atoms with Gasteiger partial charge in [0.25, 0.3) is 0 Å². The monoisotopic (exact) mass is 197 g/mol. The van der Waals surface area contributed by atoms with Gasteiger partial charge in [-0.1, -0.05) is 0 Å². The molecular formula is C10H15NO3. The summed E-state index contributed by atoms with van der Waals surface area (Å²) in [5, 5.41) is 2.35. The van der Waals surface area contributed by atoms with Crippen molar-refractivity contribution < 1.29 is 14.3 Å². The molecule has 2 fully saturated rings. The average Bonchev–Trinajstić information content (AvgIpc) is 2.47. The number of imide groups is 1. The molecule has 0 aromatic carbocycles. The molecule has 4 heteroatoms. The summed E-state index contributed by atoms with van der Waals surface area (Å²) in [6, 6.07) is 0. The average molecular weight is 197 g/mol. The van der Waals surface area contributed by atoms with Crippen molar-refractivity contribution in [1.29, 1.82) is 0 Å². The Morgan fingerprint density at radius 2 is 2.00 bits per heavy atom. The highest BCUT2D eigenvalue weighted by Gasteiger charge is 2.32. The Kier molecular flexibility index (Phi) is 2.82. The molecule has 2 rings (SSSR count). The number of carbonyl (C=O) groups excluding carboxylic acids is 2. The van der Waals surface area contributed by atoms with E-state index in [1.807, 2.05) is 0 Å². The van der Waals surface area contributed by atoms with E-state index in [-0.39, 0.29) is 17.7 Å². The van der Waals surface area contributed by atoms with Crippen molar-refractivity contribution in [2.45, 2.75) is 25.7 Å². The van der Waals surface area contributed by atoms with Gasteiger partial charge in [-0.25, -0.2) is 0 Å². The Bertz CT molecular complexity index is 246. The van der Waals surface area contributed by atoms with Crippen molar-refractivity contribution >= 4 is 11.8 Å². The minimum atomic E-state index is -0.118. The number of ether oxygens (including phenoxy) is 1. The van der Waals surface area contributed by atoms with Gasteiger partial charge in [0.1, 0.15) is 0 Å². The molecule has 1 N–H and O–H groups in total. The van der Waals surface area contributed by atoms with Gasteiger partial charge >= 0.3 is 0 Å². The van der Waals surface area contributed by atoms with E-state index in [0.29, 0.717) is 12.3 Å². The molecule has 0 aliphatic carbocycles. The largest absolute Gasteiger partial charge is 0.381 e. The quantitative estimate of drug-likeness (QED) is 0.654. The summed E-state index contributed by atoms with van der Waals surface area (Å²) < 4.78 is 5.24. The fourth-order valence-corrected chi connectivity index (χ4v) is 2.18. The van der Waals surface area contributed by atoms with Crippen molar-refractivity contribution in [2.24, 2.45) is 11.8 Å². The molecule has 78 valence electrons. The number of hydrogen-bond acceptors (Lipinski definition) is 3. The molecule has 1 atom stereocenters. The van der Waals surface area contributed by atoms with E-state index >= 15 is 0 Å². The van der Waals surface area contributed by atoms with Gasteiger partial charge in [0, 0.05) is 25.6 Å². The first-order valence-electron chi connectivity index (χ1n) is 5.17. The van der Waals surface area contributed by atoms with Crippen LogP contribution in [-0.2, 0) is 14.3 Å². The lowest BCUT2D eigenvalue weighted by Crippen LogP contribution is -2.25. The third kappa shape index (κ3) is 2.12. The zero-order chi connectivity index (χ0) is 9.97. The molecule has 0 radical (unpaired) electrons. The van der Waals surface area contributed by atoms with Gasteiger partial charge in [-0.15, -0.1) is 0 Å². The summed E-state index contributed by atoms with van der Waals surface area (Å²) in [6.45, 7) is 1.60. The van der Waals surface area contributed by atoms with Crippen molar-refractivity contribution in [1.82, 2.24) is 5.32 Å². The highest BCUT2D eigenvalue weighted by molar-refractivity contribution is 6.03. The fourth-order valence-electron chi connectivity index (χ4n) is 2.18. The number of rotatable bonds is 2. The summed E-state index contributed by atoms with van der Waals surface area (Å²) in [7, 11) is 0. The first kappa shape index (κ1) is 9.65. The fraction of sp³-hybridized carbons (Fsp3) is 0.800. The molecule has 2 aliphatic rings. The van der Waals surface area contributed by atoms with E-state index in [0.717, 1.165) is 32.5 Å². The van der Waals surface area contributed by atoms with E-state index < -0.39 is 0 Å². The molecule has 0 aromatic rings.